The van der Waals surface area contributed by atoms with Crippen LogP contribution in [0.3, 0.4) is 0 Å². The Hall–Kier alpha value is -2.47. The van der Waals surface area contributed by atoms with Crippen LogP contribution in [0, 0.1) is 5.82 Å². The van der Waals surface area contributed by atoms with Crippen molar-refractivity contribution in [2.24, 2.45) is 0 Å². The molecule has 0 aliphatic heterocycles. The van der Waals surface area contributed by atoms with Crippen LogP contribution in [0.25, 0.3) is 5.69 Å². The van der Waals surface area contributed by atoms with Gasteiger partial charge in [-0.15, -0.1) is 11.3 Å². The van der Waals surface area contributed by atoms with Crippen LogP contribution in [0.2, 0.25) is 0 Å². The zero-order chi connectivity index (χ0) is 15.4. The van der Waals surface area contributed by atoms with Gasteiger partial charge in [-0.25, -0.2) is 9.37 Å². The molecule has 1 amide bonds. The van der Waals surface area contributed by atoms with Gasteiger partial charge < -0.3 is 5.32 Å². The van der Waals surface area contributed by atoms with Crippen molar-refractivity contribution in [1.29, 1.82) is 0 Å². The number of aromatic nitrogens is 2. The van der Waals surface area contributed by atoms with Crippen molar-refractivity contribution in [1.82, 2.24) is 14.9 Å². The van der Waals surface area contributed by atoms with E-state index in [-0.39, 0.29) is 11.7 Å². The minimum Gasteiger partial charge on any atom is -0.350 e. The molecule has 0 unspecified atom stereocenters. The third-order valence-corrected chi connectivity index (χ3v) is 4.15. The molecule has 0 atom stereocenters. The summed E-state index contributed by atoms with van der Waals surface area (Å²) in [6.45, 7) is 0.563. The van der Waals surface area contributed by atoms with Crippen molar-refractivity contribution in [2.45, 2.75) is 6.42 Å². The predicted octanol–water partition coefficient (Wildman–Crippen LogP) is 3.05. The highest BCUT2D eigenvalue weighted by atomic mass is 32.1. The van der Waals surface area contributed by atoms with E-state index in [1.807, 2.05) is 17.5 Å². The second-order valence-corrected chi connectivity index (χ2v) is 5.74. The molecule has 2 aromatic heterocycles. The van der Waals surface area contributed by atoms with Gasteiger partial charge in [-0.05, 0) is 42.1 Å². The Morgan fingerprint density at radius 3 is 2.82 bits per heavy atom. The lowest BCUT2D eigenvalue weighted by Crippen LogP contribution is -2.27. The van der Waals surface area contributed by atoms with Crippen molar-refractivity contribution in [3.63, 3.8) is 0 Å². The lowest BCUT2D eigenvalue weighted by molar-refractivity contribution is 0.0947. The van der Waals surface area contributed by atoms with E-state index in [1.54, 1.807) is 34.4 Å². The number of nitrogens with one attached hydrogen (secondary N) is 1. The van der Waals surface area contributed by atoms with Gasteiger partial charge in [0.05, 0.1) is 12.5 Å². The average molecular weight is 315 g/mol. The second-order valence-electron chi connectivity index (χ2n) is 4.71. The second kappa shape index (κ2) is 6.53. The number of nitrogens with zero attached hydrogens (tertiary/aromatic N) is 2. The number of benzene rings is 1. The molecule has 1 N–H and O–H groups in total. The fourth-order valence-corrected chi connectivity index (χ4v) is 2.82. The molecule has 22 heavy (non-hydrogen) atoms. The molecule has 0 radical (unpaired) electrons. The van der Waals surface area contributed by atoms with Gasteiger partial charge in [0.1, 0.15) is 11.5 Å². The van der Waals surface area contributed by atoms with Crippen LogP contribution >= 0.6 is 11.3 Å². The number of carbonyl (C=O) groups excluding carboxylic acids is 1. The Morgan fingerprint density at radius 1 is 1.27 bits per heavy atom. The van der Waals surface area contributed by atoms with E-state index >= 15 is 0 Å². The van der Waals surface area contributed by atoms with Gasteiger partial charge in [-0.2, -0.15) is 0 Å². The fourth-order valence-electron chi connectivity index (χ4n) is 2.12. The fraction of sp³-hybridized carbons (Fsp3) is 0.125. The summed E-state index contributed by atoms with van der Waals surface area (Å²) in [5.41, 5.74) is 1.13. The molecular formula is C16H14FN3OS. The zero-order valence-electron chi connectivity index (χ0n) is 11.7. The number of hydrogen-bond acceptors (Lipinski definition) is 3. The smallest absolute Gasteiger partial charge is 0.269 e. The maximum absolute atomic E-state index is 13.0. The molecule has 2 heterocycles. The third-order valence-electron chi connectivity index (χ3n) is 3.21. The van der Waals surface area contributed by atoms with Gasteiger partial charge in [0, 0.05) is 17.1 Å². The molecule has 3 rings (SSSR count). The van der Waals surface area contributed by atoms with Crippen LogP contribution in [0.1, 0.15) is 15.4 Å². The lowest BCUT2D eigenvalue weighted by Gasteiger charge is -2.08. The van der Waals surface area contributed by atoms with Gasteiger partial charge in [0.15, 0.2) is 0 Å². The number of rotatable bonds is 5. The normalized spacial score (nSPS) is 10.6. The molecule has 6 heteroatoms. The van der Waals surface area contributed by atoms with E-state index in [1.165, 1.54) is 23.2 Å². The van der Waals surface area contributed by atoms with Crippen LogP contribution in [0.5, 0.6) is 0 Å². The van der Waals surface area contributed by atoms with Gasteiger partial charge in [0.25, 0.3) is 5.91 Å². The summed E-state index contributed by atoms with van der Waals surface area (Å²) in [7, 11) is 0. The molecule has 0 fully saturated rings. The number of halogens is 1. The zero-order valence-corrected chi connectivity index (χ0v) is 12.5. The summed E-state index contributed by atoms with van der Waals surface area (Å²) < 4.78 is 14.6. The first-order chi connectivity index (χ1) is 10.7. The van der Waals surface area contributed by atoms with Crippen LogP contribution in [-0.2, 0) is 6.42 Å². The highest BCUT2D eigenvalue weighted by Crippen LogP contribution is 2.12. The minimum absolute atomic E-state index is 0.196. The third kappa shape index (κ3) is 3.23. The molecule has 4 nitrogen and oxygen atoms in total. The molecule has 0 spiro atoms. The Balaban J connectivity index is 1.68. The predicted molar refractivity (Wildman–Crippen MR) is 83.9 cm³/mol. The van der Waals surface area contributed by atoms with Crippen molar-refractivity contribution in [3.8, 4) is 5.69 Å². The Kier molecular flexibility index (Phi) is 4.29. The number of amides is 1. The molecule has 0 aliphatic rings. The first-order valence-corrected chi connectivity index (χ1v) is 7.71. The van der Waals surface area contributed by atoms with Crippen molar-refractivity contribution in [2.75, 3.05) is 6.54 Å². The van der Waals surface area contributed by atoms with Gasteiger partial charge in [0.2, 0.25) is 0 Å². The van der Waals surface area contributed by atoms with Crippen LogP contribution in [0.15, 0.2) is 54.3 Å². The first-order valence-electron chi connectivity index (χ1n) is 6.83. The van der Waals surface area contributed by atoms with Gasteiger partial charge >= 0.3 is 0 Å². The average Bonchev–Trinajstić information content (AvgIpc) is 3.19. The summed E-state index contributed by atoms with van der Waals surface area (Å²) in [6, 6.07) is 9.96. The van der Waals surface area contributed by atoms with Crippen molar-refractivity contribution in [3.05, 3.63) is 70.7 Å². The summed E-state index contributed by atoms with van der Waals surface area (Å²) in [4.78, 5) is 17.5. The highest BCUT2D eigenvalue weighted by Gasteiger charge is 2.12. The van der Waals surface area contributed by atoms with Gasteiger partial charge in [-0.1, -0.05) is 6.07 Å². The Bertz CT molecular complexity index is 750. The maximum Gasteiger partial charge on any atom is 0.269 e. The van der Waals surface area contributed by atoms with E-state index < -0.39 is 0 Å². The summed E-state index contributed by atoms with van der Waals surface area (Å²) in [5.74, 6) is -0.510. The number of thiophene rings is 1. The topological polar surface area (TPSA) is 46.9 Å². The van der Waals surface area contributed by atoms with E-state index in [9.17, 15) is 9.18 Å². The first kappa shape index (κ1) is 14.5. The molecule has 0 saturated heterocycles. The number of imidazole rings is 1. The van der Waals surface area contributed by atoms with E-state index in [4.69, 9.17) is 0 Å². The van der Waals surface area contributed by atoms with E-state index in [0.717, 1.165) is 6.42 Å². The maximum atomic E-state index is 13.0. The van der Waals surface area contributed by atoms with E-state index in [0.29, 0.717) is 17.9 Å². The largest absolute Gasteiger partial charge is 0.350 e. The Labute approximate surface area is 131 Å². The van der Waals surface area contributed by atoms with Crippen LogP contribution in [0.4, 0.5) is 4.39 Å². The Morgan fingerprint density at radius 2 is 2.09 bits per heavy atom. The SMILES string of the molecule is O=C(NCCc1cccs1)c1cncn1-c1ccc(F)cc1. The van der Waals surface area contributed by atoms with E-state index in [2.05, 4.69) is 10.3 Å². The highest BCUT2D eigenvalue weighted by molar-refractivity contribution is 7.09. The van der Waals surface area contributed by atoms with Crippen molar-refractivity contribution < 1.29 is 9.18 Å². The summed E-state index contributed by atoms with van der Waals surface area (Å²) in [6.07, 6.45) is 3.85. The van der Waals surface area contributed by atoms with Crippen LogP contribution in [-0.4, -0.2) is 22.0 Å². The molecular weight excluding hydrogens is 301 g/mol. The molecule has 3 aromatic rings. The molecule has 0 saturated carbocycles. The molecule has 1 aromatic carbocycles. The standard InChI is InChI=1S/C16H14FN3OS/c17-12-3-5-13(6-4-12)20-11-18-10-15(20)16(21)19-8-7-14-2-1-9-22-14/h1-6,9-11H,7-8H2,(H,19,21). The number of hydrogen-bond donors (Lipinski definition) is 1. The molecule has 0 aliphatic carbocycles. The van der Waals surface area contributed by atoms with Crippen molar-refractivity contribution >= 4 is 17.2 Å². The molecule has 0 bridgehead atoms. The number of carbonyl (C=O) groups is 1. The monoisotopic (exact) mass is 315 g/mol. The quantitative estimate of drug-likeness (QED) is 0.786. The van der Waals surface area contributed by atoms with Gasteiger partial charge in [-0.3, -0.25) is 9.36 Å². The van der Waals surface area contributed by atoms with Crippen LogP contribution < -0.4 is 5.32 Å². The minimum atomic E-state index is -0.314. The molecule has 112 valence electrons. The summed E-state index contributed by atoms with van der Waals surface area (Å²) >= 11 is 1.67. The lowest BCUT2D eigenvalue weighted by atomic mass is 10.3. The summed E-state index contributed by atoms with van der Waals surface area (Å²) in [5, 5.41) is 4.89.